The van der Waals surface area contributed by atoms with Crippen LogP contribution in [-0.2, 0) is 27.1 Å². The van der Waals surface area contributed by atoms with Crippen LogP contribution < -0.4 is 6.15 Å². The Bertz CT molecular complexity index is 1160. The van der Waals surface area contributed by atoms with Gasteiger partial charge in [0, 0.05) is 0 Å². The van der Waals surface area contributed by atoms with Gasteiger partial charge in [0.25, 0.3) is 0 Å². The van der Waals surface area contributed by atoms with Crippen molar-refractivity contribution in [3.05, 3.63) is 58.7 Å². The van der Waals surface area contributed by atoms with E-state index in [1.54, 1.807) is 0 Å². The molecule has 0 fully saturated rings. The topological polar surface area (TPSA) is 27.7 Å². The quantitative estimate of drug-likeness (QED) is 0.0492. The maximum atomic E-state index is 8.52. The van der Waals surface area contributed by atoms with Gasteiger partial charge in [-0.05, 0) is 0 Å². The number of hydrogen-bond donors (Lipinski definition) is 0. The first-order chi connectivity index (χ1) is 28.9. The Labute approximate surface area is 379 Å². The molecule has 0 bridgehead atoms. The van der Waals surface area contributed by atoms with Crippen molar-refractivity contribution in [3.63, 3.8) is 0 Å². The zero-order valence-electron chi connectivity index (χ0n) is 40.7. The number of unbranched alkanes of at least 4 members (excludes halogenated alkanes) is 20. The molecule has 59 heavy (non-hydrogen) atoms. The maximum absolute atomic E-state index is 8.52. The molecule has 0 unspecified atom stereocenters. The second kappa shape index (κ2) is 35.0. The van der Waals surface area contributed by atoms with E-state index in [1.165, 1.54) is 206 Å². The van der Waals surface area contributed by atoms with E-state index in [1.807, 2.05) is 0 Å². The number of rotatable bonds is 40. The first kappa shape index (κ1) is 54.7. The molecule has 0 aliphatic carbocycles. The molecule has 2 aromatic rings. The van der Waals surface area contributed by atoms with Crippen LogP contribution >= 0.6 is 0 Å². The van der Waals surface area contributed by atoms with Crippen molar-refractivity contribution in [1.82, 2.24) is 0 Å². The monoisotopic (exact) mass is 1030 g/mol. The van der Waals surface area contributed by atoms with Crippen LogP contribution in [0.25, 0.3) is 0 Å². The normalized spacial score (nSPS) is 12.1. The van der Waals surface area contributed by atoms with Crippen LogP contribution in [0.1, 0.15) is 245 Å². The Morgan fingerprint density at radius 2 is 0.627 bits per heavy atom. The molecule has 0 spiro atoms. The number of aryl methyl sites for hydroxylation is 2. The van der Waals surface area contributed by atoms with Gasteiger partial charge in [-0.1, -0.05) is 0 Å². The minimum absolute atomic E-state index is 1.02. The molecule has 0 N–H and O–H groups in total. The third-order valence-corrected chi connectivity index (χ3v) is 45.3. The van der Waals surface area contributed by atoms with E-state index in [4.69, 9.17) is 7.56 Å². The van der Waals surface area contributed by atoms with Crippen molar-refractivity contribution in [2.75, 3.05) is 0 Å². The van der Waals surface area contributed by atoms with E-state index in [2.05, 4.69) is 91.8 Å². The second-order valence-electron chi connectivity index (χ2n) is 18.2. The summed E-state index contributed by atoms with van der Waals surface area (Å²) < 4.78 is 29.1. The third kappa shape index (κ3) is 22.2. The van der Waals surface area contributed by atoms with E-state index < -0.39 is 38.4 Å². The van der Waals surface area contributed by atoms with E-state index in [9.17, 15) is 0 Å². The molecule has 0 radical (unpaired) electrons. The van der Waals surface area contributed by atoms with Crippen LogP contribution in [0.3, 0.4) is 0 Å². The van der Waals surface area contributed by atoms with Crippen LogP contribution in [0.15, 0.2) is 36.4 Å². The van der Waals surface area contributed by atoms with Crippen molar-refractivity contribution in [1.29, 1.82) is 0 Å². The summed E-state index contributed by atoms with van der Waals surface area (Å²) in [5.41, 5.74) is 5.85. The van der Waals surface area contributed by atoms with Crippen LogP contribution in [0.2, 0.25) is 17.7 Å². The Balaban J connectivity index is 2.82. The summed E-state index contributed by atoms with van der Waals surface area (Å²) in [4.78, 5) is 0. The molecule has 0 heterocycles. The molecule has 340 valence electrons. The van der Waals surface area contributed by atoms with E-state index >= 15 is 0 Å². The van der Waals surface area contributed by atoms with E-state index in [0.717, 1.165) is 38.5 Å². The van der Waals surface area contributed by atoms with Crippen molar-refractivity contribution in [2.45, 2.75) is 266 Å². The fourth-order valence-corrected chi connectivity index (χ4v) is 50.1. The Morgan fingerprint density at radius 3 is 0.898 bits per heavy atom. The fourth-order valence-electron chi connectivity index (χ4n) is 9.36. The molecule has 0 saturated carbocycles. The van der Waals surface area contributed by atoms with Gasteiger partial charge in [0.05, 0.1) is 0 Å². The molecule has 0 aliphatic rings. The van der Waals surface area contributed by atoms with Crippen LogP contribution in [-0.4, -0.2) is 38.4 Å². The molecule has 0 saturated heterocycles. The second-order valence-corrected chi connectivity index (χ2v) is 40.0. The average molecular weight is 1030 g/mol. The first-order valence-electron chi connectivity index (χ1n) is 26.2. The Hall–Kier alpha value is -0.403. The van der Waals surface area contributed by atoms with Crippen molar-refractivity contribution >= 4 is 38.4 Å². The van der Waals surface area contributed by atoms with Crippen LogP contribution in [0, 0.1) is 0 Å². The Kier molecular flexibility index (Phi) is 32.5. The summed E-state index contributed by atoms with van der Waals surface area (Å²) in [5, 5.41) is 0. The molecule has 0 atom stereocenters. The van der Waals surface area contributed by atoms with Crippen molar-refractivity contribution < 1.29 is 7.56 Å². The van der Waals surface area contributed by atoms with Crippen molar-refractivity contribution in [2.24, 2.45) is 0 Å². The molecule has 3 nitrogen and oxygen atoms in total. The minimum atomic E-state index is -3.90. The van der Waals surface area contributed by atoms with Gasteiger partial charge in [-0.15, -0.1) is 0 Å². The SMILES string of the molecule is CCCCCCC[CH2][Sn]([CH2]CCCCCCC)([O]c1cccc(CCC)c1CC)[O][Sn]([CH2]CCCCCCC)([CH2]CCCCCCC)[O]c1cccc(CCC)c1CC. The fraction of sp³-hybridized carbons (Fsp3) is 0.778. The summed E-state index contributed by atoms with van der Waals surface area (Å²) in [6, 6.07) is 14.0. The standard InChI is InChI=1S/2C11H16O.4C8H17.O.2Sn/c2*1-3-6-9-7-5-8-11(12)10(9)4-2;4*1-3-5-7-8-6-4-2;;;/h2*5,7-8,12H,3-4,6H2,1-2H3;4*1,3-8H2,2H3;;;/q;;;;;;;2*+1/p-2. The molecule has 0 aromatic heterocycles. The molecular formula is C54H98O3Sn2. The van der Waals surface area contributed by atoms with Gasteiger partial charge in [0.1, 0.15) is 0 Å². The molecule has 2 aromatic carbocycles. The predicted molar refractivity (Wildman–Crippen MR) is 266 cm³/mol. The summed E-state index contributed by atoms with van der Waals surface area (Å²) >= 11 is -7.80. The summed E-state index contributed by atoms with van der Waals surface area (Å²) in [6.07, 6.45) is 38.1. The Morgan fingerprint density at radius 1 is 0.339 bits per heavy atom. The van der Waals surface area contributed by atoms with E-state index in [-0.39, 0.29) is 0 Å². The van der Waals surface area contributed by atoms with Gasteiger partial charge < -0.3 is 0 Å². The third-order valence-electron chi connectivity index (χ3n) is 12.8. The van der Waals surface area contributed by atoms with Gasteiger partial charge >= 0.3 is 382 Å². The molecule has 2 rings (SSSR count). The van der Waals surface area contributed by atoms with Gasteiger partial charge in [0.15, 0.2) is 0 Å². The summed E-state index contributed by atoms with van der Waals surface area (Å²) in [5.74, 6) is 2.34. The first-order valence-corrected chi connectivity index (χ1v) is 38.9. The molecule has 0 aliphatic heterocycles. The zero-order valence-corrected chi connectivity index (χ0v) is 46.4. The summed E-state index contributed by atoms with van der Waals surface area (Å²) in [6.45, 7) is 18.7. The van der Waals surface area contributed by atoms with Crippen LogP contribution in [0.5, 0.6) is 11.5 Å². The average Bonchev–Trinajstić information content (AvgIpc) is 3.23. The molecule has 5 heteroatoms. The van der Waals surface area contributed by atoms with Crippen LogP contribution in [0.4, 0.5) is 0 Å². The number of benzene rings is 2. The van der Waals surface area contributed by atoms with E-state index in [0.29, 0.717) is 0 Å². The van der Waals surface area contributed by atoms with Gasteiger partial charge in [0.2, 0.25) is 0 Å². The van der Waals surface area contributed by atoms with Crippen molar-refractivity contribution in [3.8, 4) is 11.5 Å². The van der Waals surface area contributed by atoms with Gasteiger partial charge in [-0.2, -0.15) is 0 Å². The summed E-state index contributed by atoms with van der Waals surface area (Å²) in [7, 11) is 0. The predicted octanol–water partition coefficient (Wildman–Crippen LogP) is 18.5. The number of hydrogen-bond acceptors (Lipinski definition) is 3. The molecular weight excluding hydrogens is 934 g/mol. The molecule has 0 amide bonds. The zero-order chi connectivity index (χ0) is 42.9. The van der Waals surface area contributed by atoms with Gasteiger partial charge in [-0.3, -0.25) is 0 Å². The van der Waals surface area contributed by atoms with Gasteiger partial charge in [-0.25, -0.2) is 0 Å².